The first-order valence-electron chi connectivity index (χ1n) is 3.77. The fourth-order valence-electron chi connectivity index (χ4n) is 0.903. The van der Waals surface area contributed by atoms with Crippen molar-refractivity contribution in [3.63, 3.8) is 0 Å². The molecule has 0 unspecified atom stereocenters. The average Bonchev–Trinajstić information content (AvgIpc) is 2.16. The summed E-state index contributed by atoms with van der Waals surface area (Å²) in [7, 11) is 0. The van der Waals surface area contributed by atoms with Crippen LogP contribution in [0, 0.1) is 0 Å². The number of halogens is 1. The van der Waals surface area contributed by atoms with E-state index in [9.17, 15) is 0 Å². The molecule has 0 amide bonds. The zero-order chi connectivity index (χ0) is 9.68. The molecule has 0 saturated carbocycles. The van der Waals surface area contributed by atoms with Gasteiger partial charge in [0.2, 0.25) is 0 Å². The summed E-state index contributed by atoms with van der Waals surface area (Å²) >= 11 is 5.43. The summed E-state index contributed by atoms with van der Waals surface area (Å²) in [6.07, 6.45) is 0. The van der Waals surface area contributed by atoms with Gasteiger partial charge in [-0.15, -0.1) is 0 Å². The Morgan fingerprint density at radius 1 is 1.54 bits per heavy atom. The zero-order valence-electron chi connectivity index (χ0n) is 6.96. The van der Waals surface area contributed by atoms with Crippen LogP contribution < -0.4 is 15.3 Å². The van der Waals surface area contributed by atoms with Crippen molar-refractivity contribution in [3.8, 4) is 5.75 Å². The van der Waals surface area contributed by atoms with Gasteiger partial charge in [0, 0.05) is 17.5 Å². The van der Waals surface area contributed by atoms with Gasteiger partial charge in [0.05, 0.1) is 12.3 Å². The minimum atomic E-state index is -0.0356. The smallest absolute Gasteiger partial charge is 0.143 e. The lowest BCUT2D eigenvalue weighted by Crippen LogP contribution is -2.03. The van der Waals surface area contributed by atoms with Crippen LogP contribution in [0.1, 0.15) is 0 Å². The van der Waals surface area contributed by atoms with Crippen molar-refractivity contribution < 1.29 is 9.84 Å². The highest BCUT2D eigenvalue weighted by atomic mass is 35.5. The third-order valence-corrected chi connectivity index (χ3v) is 1.66. The number of nitrogen functional groups attached to an aromatic ring is 1. The van der Waals surface area contributed by atoms with E-state index in [1.807, 2.05) is 0 Å². The number of ether oxygens (including phenoxy) is 1. The number of benzene rings is 1. The van der Waals surface area contributed by atoms with E-state index in [0.29, 0.717) is 17.1 Å². The Morgan fingerprint density at radius 3 is 2.92 bits per heavy atom. The van der Waals surface area contributed by atoms with Gasteiger partial charge in [-0.3, -0.25) is 4.84 Å². The first-order chi connectivity index (χ1) is 6.27. The van der Waals surface area contributed by atoms with Crippen molar-refractivity contribution in [1.82, 2.24) is 0 Å². The van der Waals surface area contributed by atoms with Crippen molar-refractivity contribution in [2.75, 3.05) is 23.8 Å². The van der Waals surface area contributed by atoms with Crippen molar-refractivity contribution in [2.24, 2.45) is 0 Å². The van der Waals surface area contributed by atoms with Crippen LogP contribution in [0.15, 0.2) is 18.2 Å². The molecule has 0 aliphatic carbocycles. The Kier molecular flexibility index (Phi) is 3.67. The van der Waals surface area contributed by atoms with E-state index >= 15 is 0 Å². The summed E-state index contributed by atoms with van der Waals surface area (Å²) in [5.74, 6) is 0.568. The maximum Gasteiger partial charge on any atom is 0.143 e. The van der Waals surface area contributed by atoms with E-state index in [2.05, 4.69) is 4.84 Å². The standard InChI is InChI=1S/C8H11ClN2O2/c9-11-7-5-6(10)1-2-8(7)13-4-3-12/h1-2,5,11-12H,3-4,10H2. The molecule has 0 aliphatic heterocycles. The summed E-state index contributed by atoms with van der Waals surface area (Å²) in [5.41, 5.74) is 6.72. The summed E-state index contributed by atoms with van der Waals surface area (Å²) in [6, 6.07) is 5.04. The zero-order valence-corrected chi connectivity index (χ0v) is 7.71. The van der Waals surface area contributed by atoms with Gasteiger partial charge >= 0.3 is 0 Å². The summed E-state index contributed by atoms with van der Waals surface area (Å²) in [5, 5.41) is 8.54. The predicted octanol–water partition coefficient (Wildman–Crippen LogP) is 1.21. The largest absolute Gasteiger partial charge is 0.489 e. The molecule has 0 bridgehead atoms. The van der Waals surface area contributed by atoms with Crippen LogP contribution >= 0.6 is 11.8 Å². The predicted molar refractivity (Wildman–Crippen MR) is 52.9 cm³/mol. The Hall–Kier alpha value is -1.13. The summed E-state index contributed by atoms with van der Waals surface area (Å²) in [4.78, 5) is 2.43. The van der Waals surface area contributed by atoms with Gasteiger partial charge in [0.25, 0.3) is 0 Å². The number of hydrogen-bond acceptors (Lipinski definition) is 4. The SMILES string of the molecule is Nc1ccc(OCCO)c(NCl)c1. The van der Waals surface area contributed by atoms with E-state index in [-0.39, 0.29) is 13.2 Å². The molecule has 13 heavy (non-hydrogen) atoms. The maximum atomic E-state index is 8.54. The third kappa shape index (κ3) is 2.68. The number of aliphatic hydroxyl groups excluding tert-OH is 1. The first kappa shape index (κ1) is 9.95. The fraction of sp³-hybridized carbons (Fsp3) is 0.250. The van der Waals surface area contributed by atoms with Gasteiger partial charge < -0.3 is 15.6 Å². The molecule has 1 aromatic rings. The number of nitrogens with two attached hydrogens (primary N) is 1. The lowest BCUT2D eigenvalue weighted by Gasteiger charge is -2.09. The van der Waals surface area contributed by atoms with Crippen molar-refractivity contribution >= 4 is 23.2 Å². The first-order valence-corrected chi connectivity index (χ1v) is 4.15. The van der Waals surface area contributed by atoms with Crippen LogP contribution in [0.3, 0.4) is 0 Å². The van der Waals surface area contributed by atoms with Gasteiger partial charge in [-0.25, -0.2) is 0 Å². The highest BCUT2D eigenvalue weighted by Crippen LogP contribution is 2.27. The number of rotatable bonds is 4. The second-order valence-electron chi connectivity index (χ2n) is 2.42. The molecule has 0 aromatic heterocycles. The molecule has 0 spiro atoms. The Balaban J connectivity index is 2.79. The van der Waals surface area contributed by atoms with Gasteiger partial charge in [0.15, 0.2) is 0 Å². The molecule has 72 valence electrons. The average molecular weight is 203 g/mol. The van der Waals surface area contributed by atoms with Crippen LogP contribution in [0.5, 0.6) is 5.75 Å². The van der Waals surface area contributed by atoms with Gasteiger partial charge in [-0.2, -0.15) is 0 Å². The quantitative estimate of drug-likeness (QED) is 0.507. The monoisotopic (exact) mass is 202 g/mol. The van der Waals surface area contributed by atoms with E-state index < -0.39 is 0 Å². The van der Waals surface area contributed by atoms with Crippen LogP contribution in [0.2, 0.25) is 0 Å². The Bertz CT molecular complexity index is 281. The molecule has 4 N–H and O–H groups in total. The van der Waals surface area contributed by atoms with E-state index in [0.717, 1.165) is 0 Å². The van der Waals surface area contributed by atoms with Gasteiger partial charge in [0.1, 0.15) is 12.4 Å². The molecular formula is C8H11ClN2O2. The van der Waals surface area contributed by atoms with Crippen molar-refractivity contribution in [2.45, 2.75) is 0 Å². The molecular weight excluding hydrogens is 192 g/mol. The molecule has 0 heterocycles. The molecule has 0 atom stereocenters. The Morgan fingerprint density at radius 2 is 2.31 bits per heavy atom. The highest BCUT2D eigenvalue weighted by Gasteiger charge is 2.02. The summed E-state index contributed by atoms with van der Waals surface area (Å²) in [6.45, 7) is 0.196. The normalized spacial score (nSPS) is 9.69. The van der Waals surface area contributed by atoms with Crippen LogP contribution in [-0.2, 0) is 0 Å². The second-order valence-corrected chi connectivity index (χ2v) is 2.61. The van der Waals surface area contributed by atoms with Gasteiger partial charge in [-0.1, -0.05) is 0 Å². The highest BCUT2D eigenvalue weighted by molar-refractivity contribution is 6.24. The molecule has 0 saturated heterocycles. The lowest BCUT2D eigenvalue weighted by molar-refractivity contribution is 0.202. The number of aliphatic hydroxyl groups is 1. The molecule has 4 nitrogen and oxygen atoms in total. The van der Waals surface area contributed by atoms with Crippen molar-refractivity contribution in [3.05, 3.63) is 18.2 Å². The topological polar surface area (TPSA) is 67.5 Å². The minimum absolute atomic E-state index is 0.0356. The van der Waals surface area contributed by atoms with Gasteiger partial charge in [-0.05, 0) is 18.2 Å². The molecule has 0 fully saturated rings. The maximum absolute atomic E-state index is 8.54. The second kappa shape index (κ2) is 4.79. The molecule has 5 heteroatoms. The fourth-order valence-corrected chi connectivity index (χ4v) is 1.05. The van der Waals surface area contributed by atoms with E-state index in [1.54, 1.807) is 18.2 Å². The molecule has 1 aromatic carbocycles. The number of nitrogens with one attached hydrogen (secondary N) is 1. The van der Waals surface area contributed by atoms with Crippen LogP contribution in [0.25, 0.3) is 0 Å². The summed E-state index contributed by atoms with van der Waals surface area (Å²) < 4.78 is 5.18. The Labute approximate surface area is 81.4 Å². The third-order valence-electron chi connectivity index (χ3n) is 1.45. The minimum Gasteiger partial charge on any atom is -0.489 e. The molecule has 0 aliphatic rings. The lowest BCUT2D eigenvalue weighted by atomic mass is 10.2. The molecule has 0 radical (unpaired) electrons. The van der Waals surface area contributed by atoms with E-state index in [1.165, 1.54) is 0 Å². The van der Waals surface area contributed by atoms with E-state index in [4.69, 9.17) is 27.4 Å². The number of hydrogen-bond donors (Lipinski definition) is 3. The number of anilines is 2. The van der Waals surface area contributed by atoms with Crippen LogP contribution in [0.4, 0.5) is 11.4 Å². The molecule has 1 rings (SSSR count). The van der Waals surface area contributed by atoms with Crippen LogP contribution in [-0.4, -0.2) is 18.3 Å². The van der Waals surface area contributed by atoms with Crippen molar-refractivity contribution in [1.29, 1.82) is 0 Å².